The zero-order chi connectivity index (χ0) is 12.3. The molecule has 0 spiro atoms. The molecule has 1 fully saturated rings. The van der Waals surface area contributed by atoms with Gasteiger partial charge in [0, 0.05) is 13.1 Å². The van der Waals surface area contributed by atoms with Gasteiger partial charge in [0.05, 0.1) is 13.2 Å². The molecule has 0 amide bonds. The van der Waals surface area contributed by atoms with E-state index in [0.717, 1.165) is 23.8 Å². The minimum absolute atomic E-state index is 0.412. The molecule has 0 heterocycles. The number of ether oxygens (including phenoxy) is 1. The summed E-state index contributed by atoms with van der Waals surface area (Å²) in [5.41, 5.74) is 0.952. The van der Waals surface area contributed by atoms with Crippen LogP contribution in [0.1, 0.15) is 24.5 Å². The van der Waals surface area contributed by atoms with Gasteiger partial charge in [0.1, 0.15) is 5.75 Å². The van der Waals surface area contributed by atoms with Crippen molar-refractivity contribution >= 4 is 0 Å². The first-order valence-corrected chi connectivity index (χ1v) is 6.19. The van der Waals surface area contributed by atoms with Gasteiger partial charge < -0.3 is 14.7 Å². The molecule has 3 nitrogen and oxygen atoms in total. The molecule has 94 valence electrons. The fraction of sp³-hybridized carbons (Fsp3) is 0.571. The molecule has 1 N–H and O–H groups in total. The first kappa shape index (κ1) is 12.4. The predicted octanol–water partition coefficient (Wildman–Crippen LogP) is 2.07. The van der Waals surface area contributed by atoms with Crippen molar-refractivity contribution in [1.29, 1.82) is 0 Å². The third kappa shape index (κ3) is 3.72. The number of aliphatic hydroxyl groups is 1. The van der Waals surface area contributed by atoms with Crippen LogP contribution < -0.4 is 4.74 Å². The summed E-state index contributed by atoms with van der Waals surface area (Å²) >= 11 is 0. The lowest BCUT2D eigenvalue weighted by Gasteiger charge is -2.20. The molecule has 0 aromatic heterocycles. The monoisotopic (exact) mass is 235 g/mol. The van der Waals surface area contributed by atoms with Crippen molar-refractivity contribution in [3.8, 4) is 5.75 Å². The molecule has 3 heteroatoms. The zero-order valence-corrected chi connectivity index (χ0v) is 10.6. The summed E-state index contributed by atoms with van der Waals surface area (Å²) in [7, 11) is 3.72. The molecule has 1 unspecified atom stereocenters. The lowest BCUT2D eigenvalue weighted by molar-refractivity contribution is 0.124. The van der Waals surface area contributed by atoms with Crippen LogP contribution in [0.3, 0.4) is 0 Å². The lowest BCUT2D eigenvalue weighted by atomic mass is 10.1. The Hall–Kier alpha value is -1.06. The fourth-order valence-electron chi connectivity index (χ4n) is 2.04. The number of likely N-dealkylation sites (N-methyl/N-ethyl adjacent to an activating group) is 1. The molecule has 0 saturated heterocycles. The average Bonchev–Trinajstić information content (AvgIpc) is 3.12. The summed E-state index contributed by atoms with van der Waals surface area (Å²) in [6, 6.07) is 7.63. The second-order valence-corrected chi connectivity index (χ2v) is 4.95. The third-order valence-electron chi connectivity index (χ3n) is 3.25. The van der Waals surface area contributed by atoms with Gasteiger partial charge in [-0.1, -0.05) is 12.1 Å². The van der Waals surface area contributed by atoms with Gasteiger partial charge in [0.2, 0.25) is 0 Å². The maximum Gasteiger partial charge on any atom is 0.118 e. The van der Waals surface area contributed by atoms with Crippen LogP contribution in [0.5, 0.6) is 5.75 Å². The maximum absolute atomic E-state index is 10.1. The largest absolute Gasteiger partial charge is 0.497 e. The molecular formula is C14H21NO2. The second kappa shape index (κ2) is 5.52. The minimum Gasteiger partial charge on any atom is -0.497 e. The summed E-state index contributed by atoms with van der Waals surface area (Å²) in [6.45, 7) is 1.80. The van der Waals surface area contributed by atoms with Crippen molar-refractivity contribution in [2.45, 2.75) is 18.9 Å². The molecule has 0 aliphatic heterocycles. The normalized spacial score (nSPS) is 17.2. The number of benzene rings is 1. The van der Waals surface area contributed by atoms with E-state index >= 15 is 0 Å². The first-order chi connectivity index (χ1) is 8.19. The fourth-order valence-corrected chi connectivity index (χ4v) is 2.04. The van der Waals surface area contributed by atoms with Crippen molar-refractivity contribution in [3.05, 3.63) is 29.8 Å². The van der Waals surface area contributed by atoms with E-state index in [1.54, 1.807) is 7.11 Å². The van der Waals surface area contributed by atoms with E-state index in [4.69, 9.17) is 4.74 Å². The van der Waals surface area contributed by atoms with Gasteiger partial charge in [0.25, 0.3) is 0 Å². The predicted molar refractivity (Wildman–Crippen MR) is 68.2 cm³/mol. The van der Waals surface area contributed by atoms with Crippen molar-refractivity contribution < 1.29 is 9.84 Å². The summed E-state index contributed by atoms with van der Waals surface area (Å²) in [4.78, 5) is 2.21. The van der Waals surface area contributed by atoms with Gasteiger partial charge in [-0.2, -0.15) is 0 Å². The van der Waals surface area contributed by atoms with Crippen LogP contribution in [0.4, 0.5) is 0 Å². The van der Waals surface area contributed by atoms with E-state index < -0.39 is 6.10 Å². The Morgan fingerprint density at radius 1 is 1.35 bits per heavy atom. The highest BCUT2D eigenvalue weighted by atomic mass is 16.5. The van der Waals surface area contributed by atoms with E-state index in [9.17, 15) is 5.11 Å². The first-order valence-electron chi connectivity index (χ1n) is 6.19. The Bertz CT molecular complexity index is 346. The third-order valence-corrected chi connectivity index (χ3v) is 3.25. The van der Waals surface area contributed by atoms with Crippen LogP contribution in [-0.2, 0) is 0 Å². The number of hydrogen-bond acceptors (Lipinski definition) is 3. The Labute approximate surface area is 103 Å². The molecule has 1 aliphatic carbocycles. The van der Waals surface area contributed by atoms with Crippen LogP contribution in [0.2, 0.25) is 0 Å². The summed E-state index contributed by atoms with van der Waals surface area (Å²) < 4.78 is 5.10. The SMILES string of the molecule is COc1ccc(C(O)CN(C)CC2CC2)cc1. The highest BCUT2D eigenvalue weighted by Crippen LogP contribution is 2.29. The Morgan fingerprint density at radius 3 is 2.53 bits per heavy atom. The number of hydrogen-bond donors (Lipinski definition) is 1. The summed E-state index contributed by atoms with van der Waals surface area (Å²) in [5.74, 6) is 1.69. The number of rotatable bonds is 6. The molecule has 1 atom stereocenters. The Morgan fingerprint density at radius 2 is 2.00 bits per heavy atom. The highest BCUT2D eigenvalue weighted by molar-refractivity contribution is 5.28. The zero-order valence-electron chi connectivity index (χ0n) is 10.6. The number of methoxy groups -OCH3 is 1. The van der Waals surface area contributed by atoms with Gasteiger partial charge in [-0.25, -0.2) is 0 Å². The van der Waals surface area contributed by atoms with Gasteiger partial charge in [0.15, 0.2) is 0 Å². The Kier molecular flexibility index (Phi) is 4.02. The molecule has 17 heavy (non-hydrogen) atoms. The number of nitrogens with zero attached hydrogens (tertiary/aromatic N) is 1. The van der Waals surface area contributed by atoms with Gasteiger partial charge in [-0.15, -0.1) is 0 Å². The molecule has 1 aromatic carbocycles. The van der Waals surface area contributed by atoms with Crippen LogP contribution >= 0.6 is 0 Å². The van der Waals surface area contributed by atoms with Crippen LogP contribution in [0.25, 0.3) is 0 Å². The van der Waals surface area contributed by atoms with Gasteiger partial charge >= 0.3 is 0 Å². The van der Waals surface area contributed by atoms with E-state index in [-0.39, 0.29) is 0 Å². The molecular weight excluding hydrogens is 214 g/mol. The minimum atomic E-state index is -0.412. The highest BCUT2D eigenvalue weighted by Gasteiger charge is 2.23. The van der Waals surface area contributed by atoms with Crippen LogP contribution in [0.15, 0.2) is 24.3 Å². The smallest absolute Gasteiger partial charge is 0.118 e. The summed E-state index contributed by atoms with van der Waals surface area (Å²) in [5, 5.41) is 10.1. The quantitative estimate of drug-likeness (QED) is 0.819. The van der Waals surface area contributed by atoms with Crippen molar-refractivity contribution in [3.63, 3.8) is 0 Å². The van der Waals surface area contributed by atoms with E-state index in [1.807, 2.05) is 24.3 Å². The van der Waals surface area contributed by atoms with E-state index in [1.165, 1.54) is 12.8 Å². The molecule has 1 saturated carbocycles. The molecule has 2 rings (SSSR count). The van der Waals surface area contributed by atoms with Crippen molar-refractivity contribution in [2.75, 3.05) is 27.2 Å². The van der Waals surface area contributed by atoms with E-state index in [0.29, 0.717) is 6.54 Å². The van der Waals surface area contributed by atoms with Gasteiger partial charge in [-0.05, 0) is 43.5 Å². The van der Waals surface area contributed by atoms with Crippen molar-refractivity contribution in [1.82, 2.24) is 4.90 Å². The van der Waals surface area contributed by atoms with Crippen molar-refractivity contribution in [2.24, 2.45) is 5.92 Å². The lowest BCUT2D eigenvalue weighted by Crippen LogP contribution is -2.26. The second-order valence-electron chi connectivity index (χ2n) is 4.95. The van der Waals surface area contributed by atoms with Gasteiger partial charge in [-0.3, -0.25) is 0 Å². The molecule has 0 bridgehead atoms. The molecule has 1 aromatic rings. The topological polar surface area (TPSA) is 32.7 Å². The Balaban J connectivity index is 1.86. The molecule has 0 radical (unpaired) electrons. The van der Waals surface area contributed by atoms with Crippen LogP contribution in [0, 0.1) is 5.92 Å². The summed E-state index contributed by atoms with van der Waals surface area (Å²) in [6.07, 6.45) is 2.29. The number of aliphatic hydroxyl groups excluding tert-OH is 1. The van der Waals surface area contributed by atoms with Crippen LogP contribution in [-0.4, -0.2) is 37.3 Å². The standard InChI is InChI=1S/C14H21NO2/c1-15(9-11-3-4-11)10-14(16)12-5-7-13(17-2)8-6-12/h5-8,11,14,16H,3-4,9-10H2,1-2H3. The average molecular weight is 235 g/mol. The maximum atomic E-state index is 10.1. The molecule has 1 aliphatic rings. The van der Waals surface area contributed by atoms with E-state index in [2.05, 4.69) is 11.9 Å².